The van der Waals surface area contributed by atoms with E-state index < -0.39 is 0 Å². The van der Waals surface area contributed by atoms with Gasteiger partial charge in [0, 0.05) is 0 Å². The molecule has 0 aromatic heterocycles. The molecule has 0 radical (unpaired) electrons. The zero-order valence-electron chi connectivity index (χ0n) is 3.96. The Morgan fingerprint density at radius 3 is 2.86 bits per heavy atom. The zero-order valence-corrected chi connectivity index (χ0v) is 3.96. The highest BCUT2D eigenvalue weighted by atomic mass is 14.9. The van der Waals surface area contributed by atoms with Crippen LogP contribution < -0.4 is 10.7 Å². The number of aliphatic imine (C=N–C) groups is 1. The molecule has 38 valence electrons. The van der Waals surface area contributed by atoms with Gasteiger partial charge in [-0.1, -0.05) is 6.58 Å². The maximum atomic E-state index is 4.91. The van der Waals surface area contributed by atoms with E-state index in [1.807, 2.05) is 0 Å². The quantitative estimate of drug-likeness (QED) is 0.311. The van der Waals surface area contributed by atoms with Crippen molar-refractivity contribution in [2.75, 3.05) is 0 Å². The lowest BCUT2D eigenvalue weighted by atomic mass is 11.0. The third-order valence-electron chi connectivity index (χ3n) is 0.351. The van der Waals surface area contributed by atoms with Gasteiger partial charge in [0.2, 0.25) is 6.34 Å². The van der Waals surface area contributed by atoms with Gasteiger partial charge >= 0.3 is 0 Å². The molecule has 0 aliphatic heterocycles. The molecule has 0 amide bonds. The Bertz CT molecular complexity index is 93.1. The molecule has 3 N–H and O–H groups in total. The molecule has 0 saturated carbocycles. The normalized spacial score (nSPS) is 10.9. The minimum atomic E-state index is 1.28. The van der Waals surface area contributed by atoms with Crippen molar-refractivity contribution in [3.05, 3.63) is 12.8 Å². The fraction of sp³-hybridized carbons (Fsp3) is 0. The van der Waals surface area contributed by atoms with Gasteiger partial charge in [-0.3, -0.25) is 4.99 Å². The molecule has 0 heterocycles. The molecule has 0 rings (SSSR count). The fourth-order valence-electron chi connectivity index (χ4n) is 0.139. The molecule has 0 aromatic rings. The van der Waals surface area contributed by atoms with E-state index in [1.165, 1.54) is 18.9 Å². The van der Waals surface area contributed by atoms with Gasteiger partial charge in [0.1, 0.15) is 0 Å². The number of rotatable bonds is 2. The minimum Gasteiger partial charge on any atom is -0.325 e. The Hall–Kier alpha value is -1.12. The van der Waals surface area contributed by atoms with Crippen LogP contribution in [0.5, 0.6) is 0 Å². The molecule has 0 aliphatic carbocycles. The molecule has 0 atom stereocenters. The number of nitrogens with two attached hydrogens (primary N) is 1. The Kier molecular flexibility index (Phi) is 4.10. The second kappa shape index (κ2) is 4.88. The van der Waals surface area contributed by atoms with Crippen LogP contribution in [-0.2, 0) is 0 Å². The van der Waals surface area contributed by atoms with Crippen LogP contribution >= 0.6 is 0 Å². The second-order valence-corrected chi connectivity index (χ2v) is 0.794. The van der Waals surface area contributed by atoms with Crippen molar-refractivity contribution in [3.8, 4) is 0 Å². The van der Waals surface area contributed by atoms with E-state index in [0.29, 0.717) is 0 Å². The minimum absolute atomic E-state index is 1.28. The average Bonchev–Trinajstić information content (AvgIpc) is 1.69. The van der Waals surface area contributed by atoms with Crippen molar-refractivity contribution in [2.24, 2.45) is 10.7 Å². The summed E-state index contributed by atoms with van der Waals surface area (Å²) >= 11 is 0. The smallest absolute Gasteiger partial charge is 0.222 e. The maximum absolute atomic E-state index is 4.91. The van der Waals surface area contributed by atoms with E-state index in [9.17, 15) is 0 Å². The lowest BCUT2D eigenvalue weighted by Crippen LogP contribution is -2.68. The monoisotopic (exact) mass is 98.1 g/mol. The standard InChI is InChI=1S/C4H7N3/c1-2-6-4-7-3-5/h2-4H,1H2,(H2,5,6,7)/p+1. The molecule has 0 spiro atoms. The van der Waals surface area contributed by atoms with Gasteiger partial charge in [-0.05, 0) is 0 Å². The Balaban J connectivity index is 3.27. The fourth-order valence-corrected chi connectivity index (χ4v) is 0.139. The molecular formula is C4H8N3+. The molecule has 0 aromatic carbocycles. The maximum Gasteiger partial charge on any atom is 0.222 e. The van der Waals surface area contributed by atoms with Gasteiger partial charge in [-0.2, -0.15) is 0 Å². The molecule has 3 nitrogen and oxygen atoms in total. The van der Waals surface area contributed by atoms with E-state index in [4.69, 9.17) is 5.73 Å². The molecule has 0 unspecified atom stereocenters. The summed E-state index contributed by atoms with van der Waals surface area (Å²) in [4.78, 5) is 6.12. The van der Waals surface area contributed by atoms with Gasteiger partial charge in [0.15, 0.2) is 6.34 Å². The largest absolute Gasteiger partial charge is 0.325 e. The SMILES string of the molecule is C=CN=C[NH+]=CN. The first-order valence-electron chi connectivity index (χ1n) is 1.84. The first-order valence-corrected chi connectivity index (χ1v) is 1.84. The third-order valence-corrected chi connectivity index (χ3v) is 0.351. The van der Waals surface area contributed by atoms with Crippen LogP contribution in [0.2, 0.25) is 0 Å². The molecular weight excluding hydrogens is 90.1 g/mol. The third kappa shape index (κ3) is 4.88. The van der Waals surface area contributed by atoms with Crippen LogP contribution in [0.1, 0.15) is 0 Å². The average molecular weight is 98.1 g/mol. The summed E-state index contributed by atoms with van der Waals surface area (Å²) < 4.78 is 0. The van der Waals surface area contributed by atoms with Crippen molar-refractivity contribution in [1.82, 2.24) is 0 Å². The number of hydrogen-bond acceptors (Lipinski definition) is 1. The zero-order chi connectivity index (χ0) is 5.54. The highest BCUT2D eigenvalue weighted by molar-refractivity contribution is 5.53. The van der Waals surface area contributed by atoms with Gasteiger partial charge in [0.05, 0.1) is 6.20 Å². The molecule has 0 saturated heterocycles. The van der Waals surface area contributed by atoms with Crippen LogP contribution in [-0.4, -0.2) is 12.7 Å². The Morgan fingerprint density at radius 1 is 1.71 bits per heavy atom. The van der Waals surface area contributed by atoms with Crippen molar-refractivity contribution < 1.29 is 4.99 Å². The summed E-state index contributed by atoms with van der Waals surface area (Å²) in [6.45, 7) is 3.34. The van der Waals surface area contributed by atoms with Crippen LogP contribution in [0, 0.1) is 0 Å². The molecule has 0 aliphatic rings. The first-order chi connectivity index (χ1) is 3.41. The van der Waals surface area contributed by atoms with Crippen LogP contribution in [0.25, 0.3) is 0 Å². The summed E-state index contributed by atoms with van der Waals surface area (Å²) in [5.74, 6) is 0. The molecule has 0 bridgehead atoms. The van der Waals surface area contributed by atoms with Gasteiger partial charge in [0.25, 0.3) is 0 Å². The van der Waals surface area contributed by atoms with E-state index in [0.717, 1.165) is 0 Å². The van der Waals surface area contributed by atoms with Gasteiger partial charge in [-0.15, -0.1) is 4.99 Å². The summed E-state index contributed by atoms with van der Waals surface area (Å²) in [6.07, 6.45) is 4.14. The van der Waals surface area contributed by atoms with E-state index >= 15 is 0 Å². The van der Waals surface area contributed by atoms with E-state index in [2.05, 4.69) is 16.6 Å². The van der Waals surface area contributed by atoms with Crippen molar-refractivity contribution >= 4 is 12.7 Å². The molecule has 0 fully saturated rings. The van der Waals surface area contributed by atoms with Crippen molar-refractivity contribution in [2.45, 2.75) is 0 Å². The van der Waals surface area contributed by atoms with Crippen LogP contribution in [0.15, 0.2) is 17.8 Å². The van der Waals surface area contributed by atoms with Crippen LogP contribution in [0.4, 0.5) is 0 Å². The van der Waals surface area contributed by atoms with E-state index in [-0.39, 0.29) is 0 Å². The number of nitrogens with zero attached hydrogens (tertiary/aromatic N) is 1. The van der Waals surface area contributed by atoms with Crippen LogP contribution in [0.3, 0.4) is 0 Å². The topological polar surface area (TPSA) is 52.3 Å². The van der Waals surface area contributed by atoms with Crippen molar-refractivity contribution in [3.63, 3.8) is 0 Å². The predicted octanol–water partition coefficient (Wildman–Crippen LogP) is -1.77. The molecule has 3 heteroatoms. The highest BCUT2D eigenvalue weighted by Crippen LogP contribution is 1.52. The number of nitrogens with one attached hydrogen (secondary N) is 1. The van der Waals surface area contributed by atoms with Gasteiger partial charge < -0.3 is 5.73 Å². The lowest BCUT2D eigenvalue weighted by molar-refractivity contribution is -0.298. The van der Waals surface area contributed by atoms with E-state index in [1.54, 1.807) is 0 Å². The first kappa shape index (κ1) is 5.88. The summed E-state index contributed by atoms with van der Waals surface area (Å²) in [6, 6.07) is 0. The predicted molar refractivity (Wildman–Crippen MR) is 29.9 cm³/mol. The summed E-state index contributed by atoms with van der Waals surface area (Å²) in [7, 11) is 0. The Labute approximate surface area is 42.3 Å². The summed E-state index contributed by atoms with van der Waals surface area (Å²) in [5, 5.41) is 0. The second-order valence-electron chi connectivity index (χ2n) is 0.794. The number of hydrogen-bond donors (Lipinski definition) is 2. The van der Waals surface area contributed by atoms with Gasteiger partial charge in [-0.25, -0.2) is 0 Å². The van der Waals surface area contributed by atoms with Crippen molar-refractivity contribution in [1.29, 1.82) is 0 Å². The highest BCUT2D eigenvalue weighted by Gasteiger charge is 1.59. The Morgan fingerprint density at radius 2 is 2.43 bits per heavy atom. The lowest BCUT2D eigenvalue weighted by Gasteiger charge is -1.61. The molecule has 7 heavy (non-hydrogen) atoms. The summed E-state index contributed by atoms with van der Waals surface area (Å²) in [5.41, 5.74) is 4.91.